The molecule has 3 heteroatoms. The molecule has 0 atom stereocenters. The summed E-state index contributed by atoms with van der Waals surface area (Å²) in [5.41, 5.74) is 2.61. The SMILES string of the molecule is O=Cc1ccnc2c1oc1ccccc12. The van der Waals surface area contributed by atoms with Crippen molar-refractivity contribution >= 4 is 28.4 Å². The molecule has 0 aliphatic rings. The van der Waals surface area contributed by atoms with Crippen molar-refractivity contribution in [1.82, 2.24) is 4.98 Å². The van der Waals surface area contributed by atoms with Gasteiger partial charge in [-0.05, 0) is 18.2 Å². The normalized spacial score (nSPS) is 10.9. The molecule has 1 aromatic carbocycles. The van der Waals surface area contributed by atoms with E-state index in [2.05, 4.69) is 4.98 Å². The Labute approximate surface area is 85.3 Å². The molecule has 0 aliphatic carbocycles. The second-order valence-electron chi connectivity index (χ2n) is 3.29. The molecule has 0 saturated carbocycles. The van der Waals surface area contributed by atoms with E-state index in [4.69, 9.17) is 4.42 Å². The van der Waals surface area contributed by atoms with Gasteiger partial charge in [0.05, 0.1) is 5.56 Å². The Morgan fingerprint density at radius 2 is 2.07 bits per heavy atom. The second kappa shape index (κ2) is 2.92. The molecule has 2 aromatic heterocycles. The number of nitrogens with zero attached hydrogens (tertiary/aromatic N) is 1. The number of hydrogen-bond acceptors (Lipinski definition) is 3. The molecule has 72 valence electrons. The van der Waals surface area contributed by atoms with Crippen LogP contribution in [0.25, 0.3) is 22.1 Å². The molecule has 0 amide bonds. The quantitative estimate of drug-likeness (QED) is 0.563. The molecule has 3 aromatic rings. The van der Waals surface area contributed by atoms with Crippen LogP contribution in [-0.4, -0.2) is 11.3 Å². The molecule has 2 heterocycles. The third-order valence-electron chi connectivity index (χ3n) is 2.42. The summed E-state index contributed by atoms with van der Waals surface area (Å²) in [5.74, 6) is 0. The van der Waals surface area contributed by atoms with Crippen molar-refractivity contribution in [3.05, 3.63) is 42.1 Å². The average molecular weight is 197 g/mol. The fourth-order valence-electron chi connectivity index (χ4n) is 1.72. The summed E-state index contributed by atoms with van der Waals surface area (Å²) >= 11 is 0. The number of fused-ring (bicyclic) bond motifs is 3. The number of rotatable bonds is 1. The molecule has 0 fully saturated rings. The highest BCUT2D eigenvalue weighted by atomic mass is 16.3. The highest BCUT2D eigenvalue weighted by molar-refractivity contribution is 6.07. The summed E-state index contributed by atoms with van der Waals surface area (Å²) in [7, 11) is 0. The van der Waals surface area contributed by atoms with Gasteiger partial charge in [0.25, 0.3) is 0 Å². The van der Waals surface area contributed by atoms with Gasteiger partial charge in [-0.1, -0.05) is 12.1 Å². The third-order valence-corrected chi connectivity index (χ3v) is 2.42. The van der Waals surface area contributed by atoms with Gasteiger partial charge in [-0.15, -0.1) is 0 Å². The zero-order valence-electron chi connectivity index (χ0n) is 7.81. The number of para-hydroxylation sites is 1. The Balaban J connectivity index is 2.59. The lowest BCUT2D eigenvalue weighted by atomic mass is 10.2. The van der Waals surface area contributed by atoms with E-state index in [1.54, 1.807) is 12.3 Å². The molecular formula is C12H7NO2. The number of pyridine rings is 1. The minimum atomic E-state index is 0.538. The number of benzene rings is 1. The van der Waals surface area contributed by atoms with Crippen LogP contribution in [-0.2, 0) is 0 Å². The first-order valence-electron chi connectivity index (χ1n) is 4.61. The lowest BCUT2D eigenvalue weighted by molar-refractivity contribution is 0.112. The summed E-state index contributed by atoms with van der Waals surface area (Å²) in [4.78, 5) is 15.0. The van der Waals surface area contributed by atoms with E-state index in [-0.39, 0.29) is 0 Å². The van der Waals surface area contributed by atoms with Crippen molar-refractivity contribution in [3.63, 3.8) is 0 Å². The molecule has 0 bridgehead atoms. The fraction of sp³-hybridized carbons (Fsp3) is 0. The number of aldehydes is 1. The van der Waals surface area contributed by atoms with Crippen molar-refractivity contribution < 1.29 is 9.21 Å². The van der Waals surface area contributed by atoms with Crippen LogP contribution in [0, 0.1) is 0 Å². The monoisotopic (exact) mass is 197 g/mol. The summed E-state index contributed by atoms with van der Waals surface area (Å²) in [5, 5.41) is 0.941. The first-order chi connectivity index (χ1) is 7.40. The Hall–Kier alpha value is -2.16. The van der Waals surface area contributed by atoms with Gasteiger partial charge in [0.2, 0.25) is 0 Å². The molecule has 0 aliphatic heterocycles. The number of hydrogen-bond donors (Lipinski definition) is 0. The number of furan rings is 1. The Kier molecular flexibility index (Phi) is 1.59. The Morgan fingerprint density at radius 3 is 2.93 bits per heavy atom. The van der Waals surface area contributed by atoms with Crippen LogP contribution in [0.1, 0.15) is 10.4 Å². The van der Waals surface area contributed by atoms with E-state index in [0.717, 1.165) is 22.8 Å². The Bertz CT molecular complexity index is 655. The molecule has 0 radical (unpaired) electrons. The van der Waals surface area contributed by atoms with Crippen LogP contribution in [0.5, 0.6) is 0 Å². The van der Waals surface area contributed by atoms with Crippen LogP contribution in [0.3, 0.4) is 0 Å². The molecular weight excluding hydrogens is 190 g/mol. The van der Waals surface area contributed by atoms with Crippen molar-refractivity contribution in [2.45, 2.75) is 0 Å². The maximum atomic E-state index is 10.8. The average Bonchev–Trinajstić information content (AvgIpc) is 2.67. The minimum absolute atomic E-state index is 0.538. The van der Waals surface area contributed by atoms with Crippen molar-refractivity contribution in [2.75, 3.05) is 0 Å². The zero-order chi connectivity index (χ0) is 10.3. The lowest BCUT2D eigenvalue weighted by Crippen LogP contribution is -1.81. The zero-order valence-corrected chi connectivity index (χ0v) is 7.81. The van der Waals surface area contributed by atoms with E-state index in [9.17, 15) is 4.79 Å². The topological polar surface area (TPSA) is 43.1 Å². The molecule has 15 heavy (non-hydrogen) atoms. The van der Waals surface area contributed by atoms with E-state index in [1.165, 1.54) is 0 Å². The summed E-state index contributed by atoms with van der Waals surface area (Å²) < 4.78 is 5.58. The predicted octanol–water partition coefficient (Wildman–Crippen LogP) is 2.79. The molecule has 0 saturated heterocycles. The first-order valence-corrected chi connectivity index (χ1v) is 4.61. The van der Waals surface area contributed by atoms with Crippen molar-refractivity contribution in [1.29, 1.82) is 0 Å². The van der Waals surface area contributed by atoms with Gasteiger partial charge in [0.1, 0.15) is 11.1 Å². The third kappa shape index (κ3) is 1.06. The number of carbonyl (C=O) groups is 1. The minimum Gasteiger partial charge on any atom is -0.454 e. The van der Waals surface area contributed by atoms with E-state index >= 15 is 0 Å². The highest BCUT2D eigenvalue weighted by Crippen LogP contribution is 2.27. The maximum Gasteiger partial charge on any atom is 0.164 e. The van der Waals surface area contributed by atoms with Gasteiger partial charge in [0, 0.05) is 11.6 Å². The van der Waals surface area contributed by atoms with Gasteiger partial charge in [-0.2, -0.15) is 0 Å². The molecule has 3 nitrogen and oxygen atoms in total. The van der Waals surface area contributed by atoms with Gasteiger partial charge in [0.15, 0.2) is 11.9 Å². The molecule has 0 unspecified atom stereocenters. The maximum absolute atomic E-state index is 10.8. The highest BCUT2D eigenvalue weighted by Gasteiger charge is 2.10. The Morgan fingerprint density at radius 1 is 1.20 bits per heavy atom. The van der Waals surface area contributed by atoms with Crippen LogP contribution < -0.4 is 0 Å². The smallest absolute Gasteiger partial charge is 0.164 e. The largest absolute Gasteiger partial charge is 0.454 e. The van der Waals surface area contributed by atoms with Crippen LogP contribution >= 0.6 is 0 Å². The van der Waals surface area contributed by atoms with Crippen LogP contribution in [0.4, 0.5) is 0 Å². The van der Waals surface area contributed by atoms with Crippen LogP contribution in [0.2, 0.25) is 0 Å². The lowest BCUT2D eigenvalue weighted by Gasteiger charge is -1.89. The standard InChI is InChI=1S/C12H7NO2/c14-7-8-5-6-13-11-9-3-1-2-4-10(9)15-12(8)11/h1-7H. The van der Waals surface area contributed by atoms with Gasteiger partial charge in [-0.3, -0.25) is 9.78 Å². The number of aromatic nitrogens is 1. The van der Waals surface area contributed by atoms with E-state index in [0.29, 0.717) is 11.1 Å². The van der Waals surface area contributed by atoms with Crippen LogP contribution in [0.15, 0.2) is 40.9 Å². The molecule has 0 spiro atoms. The molecule has 0 N–H and O–H groups in total. The summed E-state index contributed by atoms with van der Waals surface area (Å²) in [6.07, 6.45) is 2.40. The van der Waals surface area contributed by atoms with E-state index < -0.39 is 0 Å². The second-order valence-corrected chi connectivity index (χ2v) is 3.29. The van der Waals surface area contributed by atoms with Gasteiger partial charge >= 0.3 is 0 Å². The summed E-state index contributed by atoms with van der Waals surface area (Å²) in [6, 6.07) is 9.27. The number of carbonyl (C=O) groups excluding carboxylic acids is 1. The molecule has 3 rings (SSSR count). The van der Waals surface area contributed by atoms with Crippen molar-refractivity contribution in [3.8, 4) is 0 Å². The van der Waals surface area contributed by atoms with Crippen molar-refractivity contribution in [2.24, 2.45) is 0 Å². The fourth-order valence-corrected chi connectivity index (χ4v) is 1.72. The summed E-state index contributed by atoms with van der Waals surface area (Å²) in [6.45, 7) is 0. The first kappa shape index (κ1) is 8.17. The van der Waals surface area contributed by atoms with Gasteiger partial charge < -0.3 is 4.42 Å². The van der Waals surface area contributed by atoms with Gasteiger partial charge in [-0.25, -0.2) is 0 Å². The predicted molar refractivity (Wildman–Crippen MR) is 56.9 cm³/mol. The van der Waals surface area contributed by atoms with E-state index in [1.807, 2.05) is 24.3 Å².